The van der Waals surface area contributed by atoms with Crippen molar-refractivity contribution in [3.8, 4) is 0 Å². The molecule has 4 nitrogen and oxygen atoms in total. The predicted molar refractivity (Wildman–Crippen MR) is 101 cm³/mol. The number of alkyl halides is 1. The van der Waals surface area contributed by atoms with Crippen LogP contribution in [0.5, 0.6) is 0 Å². The Morgan fingerprint density at radius 3 is 2.65 bits per heavy atom. The summed E-state index contributed by atoms with van der Waals surface area (Å²) >= 11 is 0. The van der Waals surface area contributed by atoms with Crippen LogP contribution < -0.4 is 0 Å². The van der Waals surface area contributed by atoms with Gasteiger partial charge in [0.1, 0.15) is 5.78 Å². The lowest BCUT2D eigenvalue weighted by Crippen LogP contribution is -2.18. The van der Waals surface area contributed by atoms with Crippen molar-refractivity contribution in [1.82, 2.24) is 0 Å². The lowest BCUT2D eigenvalue weighted by atomic mass is 9.87. The van der Waals surface area contributed by atoms with Gasteiger partial charge in [-0.2, -0.15) is 0 Å². The SMILES string of the molecule is CCCCCC/C=C/[C@H]1[C@H](CF)CC(=O)[C@@H]1C/C=C\CCC(O)C(=O)O. The Labute approximate surface area is 156 Å². The Balaban J connectivity index is 2.50. The van der Waals surface area contributed by atoms with Gasteiger partial charge in [-0.1, -0.05) is 50.5 Å². The summed E-state index contributed by atoms with van der Waals surface area (Å²) in [4.78, 5) is 22.8. The Hall–Kier alpha value is -1.49. The molecule has 0 heterocycles. The van der Waals surface area contributed by atoms with Gasteiger partial charge in [0.2, 0.25) is 0 Å². The van der Waals surface area contributed by atoms with Crippen molar-refractivity contribution in [3.05, 3.63) is 24.3 Å². The fraction of sp³-hybridized carbons (Fsp3) is 0.714. The van der Waals surface area contributed by atoms with Gasteiger partial charge in [-0.05, 0) is 38.0 Å². The number of carboxylic acids is 1. The predicted octanol–water partition coefficient (Wildman–Crippen LogP) is 4.48. The number of aliphatic hydroxyl groups is 1. The topological polar surface area (TPSA) is 74.6 Å². The molecule has 1 unspecified atom stereocenters. The van der Waals surface area contributed by atoms with E-state index in [1.54, 1.807) is 6.08 Å². The van der Waals surface area contributed by atoms with E-state index < -0.39 is 18.7 Å². The summed E-state index contributed by atoms with van der Waals surface area (Å²) < 4.78 is 13.3. The summed E-state index contributed by atoms with van der Waals surface area (Å²) in [6.45, 7) is 1.70. The van der Waals surface area contributed by atoms with Gasteiger partial charge in [0.05, 0.1) is 6.67 Å². The molecule has 1 aliphatic carbocycles. The van der Waals surface area contributed by atoms with Crippen LogP contribution in [-0.4, -0.2) is 34.7 Å². The highest BCUT2D eigenvalue weighted by atomic mass is 19.1. The molecule has 148 valence electrons. The van der Waals surface area contributed by atoms with E-state index in [1.807, 2.05) is 12.2 Å². The zero-order valence-electron chi connectivity index (χ0n) is 15.8. The molecule has 5 heteroatoms. The number of halogens is 1. The van der Waals surface area contributed by atoms with Crippen molar-refractivity contribution in [2.75, 3.05) is 6.67 Å². The van der Waals surface area contributed by atoms with E-state index >= 15 is 0 Å². The van der Waals surface area contributed by atoms with Crippen molar-refractivity contribution in [2.24, 2.45) is 17.8 Å². The number of ketones is 1. The molecule has 1 aliphatic rings. The molecule has 0 saturated heterocycles. The van der Waals surface area contributed by atoms with Crippen molar-refractivity contribution in [3.63, 3.8) is 0 Å². The number of aliphatic carboxylic acids is 1. The molecule has 0 radical (unpaired) electrons. The number of allylic oxidation sites excluding steroid dienone is 4. The number of carbonyl (C=O) groups excluding carboxylic acids is 1. The lowest BCUT2D eigenvalue weighted by Gasteiger charge is -2.17. The Bertz CT molecular complexity index is 486. The van der Waals surface area contributed by atoms with Crippen LogP contribution in [0, 0.1) is 17.8 Å². The second kappa shape index (κ2) is 12.8. The molecular weight excluding hydrogens is 335 g/mol. The molecule has 0 aromatic heterocycles. The number of rotatable bonds is 13. The standard InChI is InChI=1S/C21H33FO4/c1-2-3-4-5-6-8-11-17-16(15-22)14-20(24)18(17)12-9-7-10-13-19(23)21(25)26/h7-9,11,16-19,23H,2-6,10,12-15H2,1H3,(H,25,26)/b9-7-,11-8+/t16-,17-,18+,19?/m0/s1. The van der Waals surface area contributed by atoms with Gasteiger partial charge in [-0.25, -0.2) is 4.79 Å². The molecule has 4 atom stereocenters. The highest BCUT2D eigenvalue weighted by Crippen LogP contribution is 2.38. The van der Waals surface area contributed by atoms with Crippen molar-refractivity contribution < 1.29 is 24.2 Å². The van der Waals surface area contributed by atoms with Gasteiger partial charge >= 0.3 is 5.97 Å². The van der Waals surface area contributed by atoms with Crippen LogP contribution >= 0.6 is 0 Å². The molecule has 1 saturated carbocycles. The van der Waals surface area contributed by atoms with Crippen LogP contribution in [0.1, 0.15) is 64.7 Å². The summed E-state index contributed by atoms with van der Waals surface area (Å²) in [6, 6.07) is 0. The molecule has 0 spiro atoms. The highest BCUT2D eigenvalue weighted by molar-refractivity contribution is 5.84. The number of hydrogen-bond donors (Lipinski definition) is 2. The molecule has 0 amide bonds. The van der Waals surface area contributed by atoms with E-state index in [0.717, 1.165) is 12.8 Å². The summed E-state index contributed by atoms with van der Waals surface area (Å²) in [5.74, 6) is -1.57. The zero-order valence-corrected chi connectivity index (χ0v) is 15.8. The molecule has 2 N–H and O–H groups in total. The van der Waals surface area contributed by atoms with E-state index in [9.17, 15) is 19.1 Å². The summed E-state index contributed by atoms with van der Waals surface area (Å²) in [5.41, 5.74) is 0. The number of carbonyl (C=O) groups is 2. The second-order valence-corrected chi connectivity index (χ2v) is 7.18. The Kier molecular flexibility index (Phi) is 11.1. The van der Waals surface area contributed by atoms with E-state index in [0.29, 0.717) is 19.3 Å². The number of unbranched alkanes of at least 4 members (excludes halogenated alkanes) is 4. The van der Waals surface area contributed by atoms with Crippen LogP contribution in [0.25, 0.3) is 0 Å². The number of Topliss-reactive ketones (excluding diaryl/α,β-unsaturated/α-hetero) is 1. The van der Waals surface area contributed by atoms with Crippen molar-refractivity contribution >= 4 is 11.8 Å². The van der Waals surface area contributed by atoms with Crippen LogP contribution in [0.4, 0.5) is 4.39 Å². The fourth-order valence-electron chi connectivity index (χ4n) is 3.51. The molecule has 1 fully saturated rings. The van der Waals surface area contributed by atoms with E-state index in [1.165, 1.54) is 19.3 Å². The maximum atomic E-state index is 13.3. The first kappa shape index (κ1) is 22.6. The molecule has 0 bridgehead atoms. The fourth-order valence-corrected chi connectivity index (χ4v) is 3.51. The largest absolute Gasteiger partial charge is 0.479 e. The average Bonchev–Trinajstić information content (AvgIpc) is 2.92. The van der Waals surface area contributed by atoms with Gasteiger partial charge in [0, 0.05) is 18.3 Å². The zero-order chi connectivity index (χ0) is 19.4. The third-order valence-electron chi connectivity index (χ3n) is 5.12. The highest BCUT2D eigenvalue weighted by Gasteiger charge is 2.39. The van der Waals surface area contributed by atoms with E-state index in [-0.39, 0.29) is 30.0 Å². The normalized spacial score (nSPS) is 24.7. The van der Waals surface area contributed by atoms with Gasteiger partial charge in [0.15, 0.2) is 6.10 Å². The molecule has 0 aliphatic heterocycles. The minimum absolute atomic E-state index is 0.0482. The summed E-state index contributed by atoms with van der Waals surface area (Å²) in [6.07, 6.45) is 13.6. The average molecular weight is 368 g/mol. The smallest absolute Gasteiger partial charge is 0.332 e. The number of hydrogen-bond acceptors (Lipinski definition) is 3. The van der Waals surface area contributed by atoms with Gasteiger partial charge in [-0.15, -0.1) is 0 Å². The van der Waals surface area contributed by atoms with Crippen LogP contribution in [0.2, 0.25) is 0 Å². The maximum Gasteiger partial charge on any atom is 0.332 e. The first-order valence-corrected chi connectivity index (χ1v) is 9.82. The number of aliphatic hydroxyl groups excluding tert-OH is 1. The molecule has 26 heavy (non-hydrogen) atoms. The van der Waals surface area contributed by atoms with Crippen molar-refractivity contribution in [1.29, 1.82) is 0 Å². The van der Waals surface area contributed by atoms with Crippen LogP contribution in [-0.2, 0) is 9.59 Å². The van der Waals surface area contributed by atoms with Gasteiger partial charge < -0.3 is 10.2 Å². The molecule has 0 aromatic rings. The van der Waals surface area contributed by atoms with Crippen LogP contribution in [0.15, 0.2) is 24.3 Å². The molecular formula is C21H33FO4. The Morgan fingerprint density at radius 1 is 1.23 bits per heavy atom. The number of carboxylic acid groups (broad SMARTS) is 1. The quantitative estimate of drug-likeness (QED) is 0.371. The van der Waals surface area contributed by atoms with E-state index in [2.05, 4.69) is 13.0 Å². The van der Waals surface area contributed by atoms with Crippen LogP contribution in [0.3, 0.4) is 0 Å². The lowest BCUT2D eigenvalue weighted by molar-refractivity contribution is -0.146. The van der Waals surface area contributed by atoms with E-state index in [4.69, 9.17) is 5.11 Å². The van der Waals surface area contributed by atoms with Gasteiger partial charge in [0.25, 0.3) is 0 Å². The minimum atomic E-state index is -1.35. The third-order valence-corrected chi connectivity index (χ3v) is 5.12. The minimum Gasteiger partial charge on any atom is -0.479 e. The molecule has 1 rings (SSSR count). The third kappa shape index (κ3) is 7.81. The summed E-state index contributed by atoms with van der Waals surface area (Å²) in [5, 5.41) is 17.8. The summed E-state index contributed by atoms with van der Waals surface area (Å²) in [7, 11) is 0. The second-order valence-electron chi connectivity index (χ2n) is 7.18. The van der Waals surface area contributed by atoms with Crippen molar-refractivity contribution in [2.45, 2.75) is 70.8 Å². The monoisotopic (exact) mass is 368 g/mol. The van der Waals surface area contributed by atoms with Gasteiger partial charge in [-0.3, -0.25) is 9.18 Å². The Morgan fingerprint density at radius 2 is 2.00 bits per heavy atom. The first-order valence-electron chi connectivity index (χ1n) is 9.82. The maximum absolute atomic E-state index is 13.3. The first-order chi connectivity index (χ1) is 12.5. The molecule has 0 aromatic carbocycles.